The molecule has 3 N–H and O–H groups in total. The molecule has 5 rings (SSSR count). The number of nitrogens with zero attached hydrogens (tertiary/aromatic N) is 5. The first-order valence-electron chi connectivity index (χ1n) is 10.5. The zero-order chi connectivity index (χ0) is 20.3. The Labute approximate surface area is 174 Å². The van der Waals surface area contributed by atoms with Crippen molar-refractivity contribution in [3.8, 4) is 0 Å². The molecule has 30 heavy (non-hydrogen) atoms. The third kappa shape index (κ3) is 3.54. The van der Waals surface area contributed by atoms with Crippen LogP contribution in [-0.4, -0.2) is 42.8 Å². The largest absolute Gasteiger partial charge is 0.395 e. The van der Waals surface area contributed by atoms with Gasteiger partial charge in [0.05, 0.1) is 12.9 Å². The number of hydrogen-bond donors (Lipinski definition) is 3. The van der Waals surface area contributed by atoms with Crippen molar-refractivity contribution < 1.29 is 5.11 Å². The Hall–Kier alpha value is -3.26. The lowest BCUT2D eigenvalue weighted by atomic mass is 9.95. The van der Waals surface area contributed by atoms with Gasteiger partial charge in [-0.1, -0.05) is 43.5 Å². The van der Waals surface area contributed by atoms with Crippen molar-refractivity contribution >= 4 is 39.5 Å². The highest BCUT2D eigenvalue weighted by Gasteiger charge is 2.21. The molecule has 8 nitrogen and oxygen atoms in total. The van der Waals surface area contributed by atoms with Crippen LogP contribution < -0.4 is 10.6 Å². The lowest BCUT2D eigenvalue weighted by Gasteiger charge is -2.23. The molecule has 0 spiro atoms. The summed E-state index contributed by atoms with van der Waals surface area (Å²) in [6.07, 6.45) is 9.69. The summed E-state index contributed by atoms with van der Waals surface area (Å²) in [5, 5.41) is 17.9. The maximum absolute atomic E-state index is 9.27. The van der Waals surface area contributed by atoms with Crippen LogP contribution in [0.2, 0.25) is 0 Å². The molecule has 1 aliphatic carbocycles. The Morgan fingerprint density at radius 2 is 1.87 bits per heavy atom. The average molecular weight is 403 g/mol. The van der Waals surface area contributed by atoms with E-state index in [9.17, 15) is 5.11 Å². The van der Waals surface area contributed by atoms with E-state index in [0.29, 0.717) is 30.2 Å². The number of benzene rings is 1. The fourth-order valence-electron chi connectivity index (χ4n) is 4.22. The molecule has 0 atom stereocenters. The fourth-order valence-corrected chi connectivity index (χ4v) is 4.22. The molecule has 4 aromatic rings. The molecule has 3 aromatic heterocycles. The normalized spacial score (nSPS) is 15.0. The first-order valence-corrected chi connectivity index (χ1v) is 10.5. The van der Waals surface area contributed by atoms with E-state index in [1.54, 1.807) is 6.20 Å². The highest BCUT2D eigenvalue weighted by molar-refractivity contribution is 5.93. The number of aromatic nitrogens is 5. The van der Waals surface area contributed by atoms with E-state index < -0.39 is 0 Å². The molecule has 1 aliphatic rings. The van der Waals surface area contributed by atoms with Crippen LogP contribution in [0.3, 0.4) is 0 Å². The van der Waals surface area contributed by atoms with Crippen molar-refractivity contribution in [2.75, 3.05) is 23.8 Å². The van der Waals surface area contributed by atoms with Gasteiger partial charge in [0.1, 0.15) is 5.82 Å². The zero-order valence-electron chi connectivity index (χ0n) is 16.8. The van der Waals surface area contributed by atoms with Crippen molar-refractivity contribution in [3.05, 3.63) is 42.9 Å². The molecule has 1 aromatic carbocycles. The van der Waals surface area contributed by atoms with Gasteiger partial charge in [-0.3, -0.25) is 0 Å². The Morgan fingerprint density at radius 3 is 2.73 bits per heavy atom. The first kappa shape index (κ1) is 18.7. The Bertz CT molecular complexity index is 1160. The molecular weight excluding hydrogens is 378 g/mol. The van der Waals surface area contributed by atoms with E-state index in [-0.39, 0.29) is 6.61 Å². The maximum Gasteiger partial charge on any atom is 0.232 e. The number of rotatable bonds is 6. The van der Waals surface area contributed by atoms with Gasteiger partial charge in [-0.2, -0.15) is 9.97 Å². The van der Waals surface area contributed by atoms with Gasteiger partial charge in [0, 0.05) is 24.2 Å². The number of hydrogen-bond acceptors (Lipinski definition) is 7. The van der Waals surface area contributed by atoms with Crippen LogP contribution in [0.25, 0.3) is 21.9 Å². The molecule has 1 fully saturated rings. The molecule has 3 heterocycles. The number of anilines is 3. The lowest BCUT2D eigenvalue weighted by Crippen LogP contribution is -2.14. The topological polar surface area (TPSA) is 101 Å². The number of aliphatic hydroxyl groups excluding tert-OH is 1. The number of aliphatic hydroxyl groups is 1. The molecule has 0 aliphatic heterocycles. The average Bonchev–Trinajstić information content (AvgIpc) is 3.22. The summed E-state index contributed by atoms with van der Waals surface area (Å²) >= 11 is 0. The van der Waals surface area contributed by atoms with Gasteiger partial charge in [0.15, 0.2) is 17.0 Å². The summed E-state index contributed by atoms with van der Waals surface area (Å²) in [5.41, 5.74) is 1.53. The van der Waals surface area contributed by atoms with E-state index in [2.05, 4.69) is 36.2 Å². The van der Waals surface area contributed by atoms with Crippen LogP contribution in [0, 0.1) is 0 Å². The Morgan fingerprint density at radius 1 is 1.00 bits per heavy atom. The van der Waals surface area contributed by atoms with Crippen molar-refractivity contribution in [2.45, 2.75) is 38.1 Å². The third-order valence-electron chi connectivity index (χ3n) is 5.70. The molecule has 0 radical (unpaired) electrons. The van der Waals surface area contributed by atoms with Crippen LogP contribution in [0.1, 0.15) is 38.1 Å². The minimum Gasteiger partial charge on any atom is -0.395 e. The van der Waals surface area contributed by atoms with E-state index >= 15 is 0 Å². The van der Waals surface area contributed by atoms with Crippen LogP contribution in [0.5, 0.6) is 0 Å². The summed E-state index contributed by atoms with van der Waals surface area (Å²) in [6.45, 7) is 0.414. The van der Waals surface area contributed by atoms with E-state index in [1.807, 2.05) is 30.6 Å². The summed E-state index contributed by atoms with van der Waals surface area (Å²) in [6, 6.07) is 10.5. The molecule has 0 unspecified atom stereocenters. The monoisotopic (exact) mass is 403 g/mol. The van der Waals surface area contributed by atoms with E-state index in [4.69, 9.17) is 4.98 Å². The van der Waals surface area contributed by atoms with Gasteiger partial charge in [0.25, 0.3) is 0 Å². The highest BCUT2D eigenvalue weighted by Crippen LogP contribution is 2.32. The van der Waals surface area contributed by atoms with Crippen molar-refractivity contribution in [1.29, 1.82) is 0 Å². The van der Waals surface area contributed by atoms with E-state index in [0.717, 1.165) is 34.8 Å². The molecule has 1 saturated carbocycles. The van der Waals surface area contributed by atoms with Gasteiger partial charge < -0.3 is 20.3 Å². The zero-order valence-corrected chi connectivity index (χ0v) is 16.8. The summed E-state index contributed by atoms with van der Waals surface area (Å²) in [7, 11) is 0. The van der Waals surface area contributed by atoms with Crippen molar-refractivity contribution in [3.63, 3.8) is 0 Å². The minimum atomic E-state index is 0.0163. The molecular formula is C22H25N7O. The lowest BCUT2D eigenvalue weighted by molar-refractivity contribution is 0.311. The second-order valence-electron chi connectivity index (χ2n) is 7.67. The van der Waals surface area contributed by atoms with Gasteiger partial charge in [0.2, 0.25) is 5.95 Å². The Balaban J connectivity index is 1.58. The second kappa shape index (κ2) is 8.23. The highest BCUT2D eigenvalue weighted by atomic mass is 16.3. The molecule has 154 valence electrons. The van der Waals surface area contributed by atoms with Crippen LogP contribution in [-0.2, 0) is 0 Å². The predicted molar refractivity (Wildman–Crippen MR) is 118 cm³/mol. The molecule has 0 amide bonds. The number of pyridine rings is 1. The van der Waals surface area contributed by atoms with E-state index in [1.165, 1.54) is 19.3 Å². The third-order valence-corrected chi connectivity index (χ3v) is 5.70. The predicted octanol–water partition coefficient (Wildman–Crippen LogP) is 4.03. The summed E-state index contributed by atoms with van der Waals surface area (Å²) in [4.78, 5) is 18.6. The second-order valence-corrected chi connectivity index (χ2v) is 7.67. The minimum absolute atomic E-state index is 0.0163. The molecule has 0 bridgehead atoms. The quantitative estimate of drug-likeness (QED) is 0.447. The molecule has 0 saturated heterocycles. The van der Waals surface area contributed by atoms with Crippen LogP contribution in [0.4, 0.5) is 17.6 Å². The fraction of sp³-hybridized carbons (Fsp3) is 0.364. The van der Waals surface area contributed by atoms with Gasteiger partial charge >= 0.3 is 0 Å². The first-order chi connectivity index (χ1) is 14.8. The maximum atomic E-state index is 9.27. The van der Waals surface area contributed by atoms with Crippen molar-refractivity contribution in [2.24, 2.45) is 0 Å². The van der Waals surface area contributed by atoms with Gasteiger partial charge in [-0.25, -0.2) is 9.97 Å². The number of imidazole rings is 1. The van der Waals surface area contributed by atoms with Crippen LogP contribution in [0.15, 0.2) is 42.9 Å². The smallest absolute Gasteiger partial charge is 0.232 e. The van der Waals surface area contributed by atoms with Crippen LogP contribution >= 0.6 is 0 Å². The van der Waals surface area contributed by atoms with Gasteiger partial charge in [-0.05, 0) is 24.3 Å². The SMILES string of the molecule is OCCNc1nc(Nc2nccc3ccccc23)nc2c1ncn2C1CCCCC1. The number of fused-ring (bicyclic) bond motifs is 2. The summed E-state index contributed by atoms with van der Waals surface area (Å²) < 4.78 is 2.18. The standard InChI is InChI=1S/C22H25N7O/c30-13-12-24-20-18-21(29(14-25-18)16-7-2-1-3-8-16)28-22(27-20)26-19-17-9-5-4-6-15(17)10-11-23-19/h4-6,9-11,14,16,30H,1-3,7-8,12-13H2,(H2,23,24,26,27,28). The molecule has 8 heteroatoms. The van der Waals surface area contributed by atoms with Gasteiger partial charge in [-0.15, -0.1) is 0 Å². The van der Waals surface area contributed by atoms with Crippen molar-refractivity contribution in [1.82, 2.24) is 24.5 Å². The summed E-state index contributed by atoms with van der Waals surface area (Å²) in [5.74, 6) is 1.79. The number of nitrogens with one attached hydrogen (secondary N) is 2. The Kier molecular flexibility index (Phi) is 5.15.